The van der Waals surface area contributed by atoms with Crippen LogP contribution >= 0.6 is 0 Å². The highest BCUT2D eigenvalue weighted by molar-refractivity contribution is 5.78. The lowest BCUT2D eigenvalue weighted by Crippen LogP contribution is -2.43. The van der Waals surface area contributed by atoms with E-state index in [0.717, 1.165) is 44.5 Å². The molecule has 0 bridgehead atoms. The molecule has 1 N–H and O–H groups in total. The van der Waals surface area contributed by atoms with Crippen molar-refractivity contribution in [3.63, 3.8) is 0 Å². The van der Waals surface area contributed by atoms with Gasteiger partial charge < -0.3 is 10.2 Å². The Balaban J connectivity index is 1.82. The van der Waals surface area contributed by atoms with Gasteiger partial charge in [-0.05, 0) is 49.9 Å². The lowest BCUT2D eigenvalue weighted by Gasteiger charge is -2.33. The van der Waals surface area contributed by atoms with Gasteiger partial charge in [-0.15, -0.1) is 0 Å². The van der Waals surface area contributed by atoms with Crippen molar-refractivity contribution in [3.8, 4) is 0 Å². The van der Waals surface area contributed by atoms with Gasteiger partial charge in [-0.25, -0.2) is 4.39 Å². The van der Waals surface area contributed by atoms with E-state index in [9.17, 15) is 9.18 Å². The fraction of sp³-hybridized carbons (Fsp3) is 0.588. The average Bonchev–Trinajstić information content (AvgIpc) is 2.47. The SMILES string of the molecule is CNCC(C)C(=O)N1CCC(Cc2cccc(F)c2)CC1. The molecule has 1 atom stereocenters. The monoisotopic (exact) mass is 292 g/mol. The van der Waals surface area contributed by atoms with Crippen molar-refractivity contribution in [2.75, 3.05) is 26.7 Å². The predicted octanol–water partition coefficient (Wildman–Crippen LogP) is 2.46. The number of nitrogens with one attached hydrogen (secondary N) is 1. The maximum atomic E-state index is 13.2. The first-order valence-corrected chi connectivity index (χ1v) is 7.78. The number of likely N-dealkylation sites (tertiary alicyclic amines) is 1. The summed E-state index contributed by atoms with van der Waals surface area (Å²) in [5.41, 5.74) is 1.06. The molecule has 21 heavy (non-hydrogen) atoms. The second kappa shape index (κ2) is 7.55. The summed E-state index contributed by atoms with van der Waals surface area (Å²) in [6.45, 7) is 4.35. The zero-order chi connectivity index (χ0) is 15.2. The molecule has 1 fully saturated rings. The van der Waals surface area contributed by atoms with Crippen molar-refractivity contribution in [3.05, 3.63) is 35.6 Å². The van der Waals surface area contributed by atoms with Crippen molar-refractivity contribution < 1.29 is 9.18 Å². The van der Waals surface area contributed by atoms with Crippen molar-refractivity contribution in [1.29, 1.82) is 0 Å². The lowest BCUT2D eigenvalue weighted by molar-refractivity contribution is -0.136. The van der Waals surface area contributed by atoms with Gasteiger partial charge in [0.25, 0.3) is 0 Å². The second-order valence-corrected chi connectivity index (χ2v) is 6.06. The first kappa shape index (κ1) is 16.0. The zero-order valence-corrected chi connectivity index (χ0v) is 12.9. The summed E-state index contributed by atoms with van der Waals surface area (Å²) in [5.74, 6) is 0.666. The van der Waals surface area contributed by atoms with Crippen molar-refractivity contribution in [2.45, 2.75) is 26.2 Å². The summed E-state index contributed by atoms with van der Waals surface area (Å²) < 4.78 is 13.2. The highest BCUT2D eigenvalue weighted by Gasteiger charge is 2.25. The Labute approximate surface area is 126 Å². The van der Waals surface area contributed by atoms with Crippen LogP contribution in [0.3, 0.4) is 0 Å². The van der Waals surface area contributed by atoms with Gasteiger partial charge in [0, 0.05) is 25.6 Å². The van der Waals surface area contributed by atoms with Gasteiger partial charge in [0.05, 0.1) is 0 Å². The minimum absolute atomic E-state index is 0.0368. The zero-order valence-electron chi connectivity index (χ0n) is 12.9. The van der Waals surface area contributed by atoms with Crippen LogP contribution in [0, 0.1) is 17.7 Å². The Morgan fingerprint density at radius 3 is 2.76 bits per heavy atom. The quantitative estimate of drug-likeness (QED) is 0.904. The number of halogens is 1. The number of hydrogen-bond acceptors (Lipinski definition) is 2. The number of rotatable bonds is 5. The van der Waals surface area contributed by atoms with Crippen LogP contribution in [-0.4, -0.2) is 37.5 Å². The number of nitrogens with zero attached hydrogens (tertiary/aromatic N) is 1. The van der Waals surface area contributed by atoms with E-state index in [0.29, 0.717) is 5.92 Å². The molecule has 1 aliphatic heterocycles. The van der Waals surface area contributed by atoms with Crippen LogP contribution in [0.2, 0.25) is 0 Å². The van der Waals surface area contributed by atoms with E-state index in [2.05, 4.69) is 5.32 Å². The minimum Gasteiger partial charge on any atom is -0.342 e. The van der Waals surface area contributed by atoms with Gasteiger partial charge in [-0.1, -0.05) is 19.1 Å². The molecule has 4 heteroatoms. The third kappa shape index (κ3) is 4.53. The summed E-state index contributed by atoms with van der Waals surface area (Å²) in [5, 5.41) is 3.05. The number of carbonyl (C=O) groups excluding carboxylic acids is 1. The number of piperidine rings is 1. The van der Waals surface area contributed by atoms with Crippen LogP contribution in [0.15, 0.2) is 24.3 Å². The number of hydrogen-bond donors (Lipinski definition) is 1. The Morgan fingerprint density at radius 2 is 2.14 bits per heavy atom. The molecule has 1 unspecified atom stereocenters. The summed E-state index contributed by atoms with van der Waals surface area (Å²) in [6.07, 6.45) is 2.93. The normalized spacial score (nSPS) is 17.8. The molecule has 1 saturated heterocycles. The summed E-state index contributed by atoms with van der Waals surface area (Å²) >= 11 is 0. The first-order chi connectivity index (χ1) is 10.1. The van der Waals surface area contributed by atoms with Gasteiger partial charge in [0.1, 0.15) is 5.82 Å². The molecular formula is C17H25FN2O. The van der Waals surface area contributed by atoms with E-state index >= 15 is 0 Å². The third-order valence-electron chi connectivity index (χ3n) is 4.27. The molecule has 1 aromatic rings. The molecule has 2 rings (SSSR count). The number of benzene rings is 1. The minimum atomic E-state index is -0.166. The molecule has 0 aliphatic carbocycles. The molecule has 0 radical (unpaired) electrons. The number of carbonyl (C=O) groups is 1. The molecule has 1 amide bonds. The van der Waals surface area contributed by atoms with Crippen LogP contribution in [0.5, 0.6) is 0 Å². The second-order valence-electron chi connectivity index (χ2n) is 6.06. The van der Waals surface area contributed by atoms with Crippen molar-refractivity contribution in [2.24, 2.45) is 11.8 Å². The molecular weight excluding hydrogens is 267 g/mol. The lowest BCUT2D eigenvalue weighted by atomic mass is 9.89. The standard InChI is InChI=1S/C17H25FN2O/c1-13(12-19-2)17(21)20-8-6-14(7-9-20)10-15-4-3-5-16(18)11-15/h3-5,11,13-14,19H,6-10,12H2,1-2H3. The highest BCUT2D eigenvalue weighted by Crippen LogP contribution is 2.23. The average molecular weight is 292 g/mol. The van der Waals surface area contributed by atoms with Crippen LogP contribution in [0.4, 0.5) is 4.39 Å². The van der Waals surface area contributed by atoms with E-state index < -0.39 is 0 Å². The van der Waals surface area contributed by atoms with E-state index in [1.807, 2.05) is 24.9 Å². The topological polar surface area (TPSA) is 32.3 Å². The largest absolute Gasteiger partial charge is 0.342 e. The van der Waals surface area contributed by atoms with Crippen LogP contribution in [-0.2, 0) is 11.2 Å². The Kier molecular flexibility index (Phi) is 5.74. The van der Waals surface area contributed by atoms with Gasteiger partial charge in [-0.3, -0.25) is 4.79 Å². The van der Waals surface area contributed by atoms with E-state index in [4.69, 9.17) is 0 Å². The molecule has 0 saturated carbocycles. The third-order valence-corrected chi connectivity index (χ3v) is 4.27. The fourth-order valence-corrected chi connectivity index (χ4v) is 3.06. The fourth-order valence-electron chi connectivity index (χ4n) is 3.06. The van der Waals surface area contributed by atoms with Crippen molar-refractivity contribution in [1.82, 2.24) is 10.2 Å². The maximum absolute atomic E-state index is 13.2. The summed E-state index contributed by atoms with van der Waals surface area (Å²) in [6, 6.07) is 6.85. The molecule has 3 nitrogen and oxygen atoms in total. The predicted molar refractivity (Wildman–Crippen MR) is 82.5 cm³/mol. The maximum Gasteiger partial charge on any atom is 0.226 e. The van der Waals surface area contributed by atoms with E-state index in [1.54, 1.807) is 12.1 Å². The van der Waals surface area contributed by atoms with Crippen LogP contribution < -0.4 is 5.32 Å². The Hall–Kier alpha value is -1.42. The molecule has 0 spiro atoms. The van der Waals surface area contributed by atoms with E-state index in [-0.39, 0.29) is 17.6 Å². The van der Waals surface area contributed by atoms with Gasteiger partial charge >= 0.3 is 0 Å². The van der Waals surface area contributed by atoms with Gasteiger partial charge in [0.15, 0.2) is 0 Å². The van der Waals surface area contributed by atoms with Crippen LogP contribution in [0.1, 0.15) is 25.3 Å². The molecule has 1 aromatic carbocycles. The number of amides is 1. The summed E-state index contributed by atoms with van der Waals surface area (Å²) in [7, 11) is 1.87. The first-order valence-electron chi connectivity index (χ1n) is 7.78. The highest BCUT2D eigenvalue weighted by atomic mass is 19.1. The molecule has 1 heterocycles. The van der Waals surface area contributed by atoms with Gasteiger partial charge in [0.2, 0.25) is 5.91 Å². The molecule has 116 valence electrons. The molecule has 0 aromatic heterocycles. The summed E-state index contributed by atoms with van der Waals surface area (Å²) in [4.78, 5) is 14.2. The van der Waals surface area contributed by atoms with Crippen LogP contribution in [0.25, 0.3) is 0 Å². The molecule has 1 aliphatic rings. The van der Waals surface area contributed by atoms with Crippen molar-refractivity contribution >= 4 is 5.91 Å². The Morgan fingerprint density at radius 1 is 1.43 bits per heavy atom. The smallest absolute Gasteiger partial charge is 0.226 e. The van der Waals surface area contributed by atoms with E-state index in [1.165, 1.54) is 6.07 Å². The Bertz CT molecular complexity index is 470. The van der Waals surface area contributed by atoms with Gasteiger partial charge in [-0.2, -0.15) is 0 Å².